The maximum atomic E-state index is 14.8. The summed E-state index contributed by atoms with van der Waals surface area (Å²) in [5, 5.41) is 17.9. The highest BCUT2D eigenvalue weighted by Crippen LogP contribution is 2.42. The fourth-order valence-corrected chi connectivity index (χ4v) is 11.7. The first-order valence-corrected chi connectivity index (χ1v) is 25.6. The fourth-order valence-electron chi connectivity index (χ4n) is 10.2. The quantitative estimate of drug-likeness (QED) is 0.139. The molecule has 0 radical (unpaired) electrons. The third kappa shape index (κ3) is 11.1. The Kier molecular flexibility index (Phi) is 15.4. The number of allylic oxidation sites excluding steroid dienone is 1. The zero-order valence-electron chi connectivity index (χ0n) is 41.7. The fraction of sp³-hybridized carbons (Fsp3) is 0.519. The molecule has 4 aromatic rings. The van der Waals surface area contributed by atoms with E-state index >= 15 is 0 Å². The average molecular weight is 968 g/mol. The molecule has 2 saturated heterocycles. The summed E-state index contributed by atoms with van der Waals surface area (Å²) in [7, 11) is -0.520. The molecule has 5 heterocycles. The van der Waals surface area contributed by atoms with E-state index in [1.54, 1.807) is 53.1 Å². The molecule has 5 atom stereocenters. The number of nitrogens with one attached hydrogen (secondary N) is 2. The number of methoxy groups -OCH3 is 1. The van der Waals surface area contributed by atoms with Crippen molar-refractivity contribution >= 4 is 44.6 Å². The van der Waals surface area contributed by atoms with Gasteiger partial charge in [-0.1, -0.05) is 45.4 Å². The van der Waals surface area contributed by atoms with E-state index in [4.69, 9.17) is 14.5 Å². The van der Waals surface area contributed by atoms with Crippen molar-refractivity contribution in [3.63, 3.8) is 0 Å². The second-order valence-corrected chi connectivity index (χ2v) is 22.0. The number of hydrogen-bond acceptors (Lipinski definition) is 11. The van der Waals surface area contributed by atoms with E-state index < -0.39 is 63.2 Å². The number of likely N-dealkylation sites (N-methyl/N-ethyl adjacent to an activating group) is 1. The molecule has 3 amide bonds. The lowest BCUT2D eigenvalue weighted by atomic mass is 9.84. The van der Waals surface area contributed by atoms with Gasteiger partial charge in [0.1, 0.15) is 23.9 Å². The number of pyridine rings is 1. The lowest BCUT2D eigenvalue weighted by Crippen LogP contribution is -2.62. The number of amides is 3. The Labute approximate surface area is 406 Å². The Bertz CT molecular complexity index is 2740. The van der Waals surface area contributed by atoms with E-state index in [9.17, 15) is 32.7 Å². The minimum absolute atomic E-state index is 0.0106. The molecule has 0 aliphatic carbocycles. The van der Waals surface area contributed by atoms with Gasteiger partial charge in [0.05, 0.1) is 30.0 Å². The number of phenolic OH excluding ortho intramolecular Hbond substituents is 1. The van der Waals surface area contributed by atoms with Gasteiger partial charge in [0.25, 0.3) is 5.91 Å². The predicted octanol–water partition coefficient (Wildman–Crippen LogP) is 6.51. The number of fused-ring (bicyclic) bond motifs is 6. The van der Waals surface area contributed by atoms with Crippen LogP contribution in [0.15, 0.2) is 65.7 Å². The summed E-state index contributed by atoms with van der Waals surface area (Å²) in [5.74, 6) is -3.05. The van der Waals surface area contributed by atoms with Gasteiger partial charge in [0, 0.05) is 80.2 Å². The summed E-state index contributed by atoms with van der Waals surface area (Å²) in [4.78, 5) is 63.5. The number of esters is 1. The number of rotatable bonds is 11. The number of aryl methyl sites for hydroxylation is 1. The molecule has 2 fully saturated rings. The molecule has 3 aliphatic rings. The molecule has 6 bridgehead atoms. The first-order chi connectivity index (χ1) is 32.6. The number of hydrazine groups is 1. The predicted molar refractivity (Wildman–Crippen MR) is 265 cm³/mol. The van der Waals surface area contributed by atoms with Crippen LogP contribution in [0.4, 0.5) is 0 Å². The van der Waals surface area contributed by atoms with Gasteiger partial charge in [0.2, 0.25) is 21.8 Å². The van der Waals surface area contributed by atoms with Crippen LogP contribution in [-0.2, 0) is 58.1 Å². The second-order valence-electron chi connectivity index (χ2n) is 20.3. The van der Waals surface area contributed by atoms with Gasteiger partial charge in [-0.05, 0) is 118 Å². The van der Waals surface area contributed by atoms with Crippen molar-refractivity contribution in [1.82, 2.24) is 34.5 Å². The summed E-state index contributed by atoms with van der Waals surface area (Å²) in [5.41, 5.74) is 10.0. The average Bonchev–Trinajstić information content (AvgIpc) is 3.93. The molecule has 69 heavy (non-hydrogen) atoms. The van der Waals surface area contributed by atoms with Crippen molar-refractivity contribution in [2.45, 2.75) is 118 Å². The molecule has 3 aliphatic heterocycles. The van der Waals surface area contributed by atoms with Gasteiger partial charge in [-0.15, -0.1) is 0 Å². The number of benzene rings is 2. The van der Waals surface area contributed by atoms with E-state index in [-0.39, 0.29) is 50.4 Å². The van der Waals surface area contributed by atoms with Crippen molar-refractivity contribution in [2.24, 2.45) is 17.3 Å². The molecular weight excluding hydrogens is 899 g/mol. The Balaban J connectivity index is 1.29. The minimum Gasteiger partial charge on any atom is -0.508 e. The Morgan fingerprint density at radius 3 is 2.52 bits per heavy atom. The summed E-state index contributed by atoms with van der Waals surface area (Å²) >= 11 is 0. The standard InChI is InChI=1S/C52H69N7O9S/c1-11-58-44-17-16-35-26-40(44)41(47(58)39-14-12-19-53-45(39)33(6)67-10)27-52(7,8)30-68-51(64)42-15-13-20-59(55-42)50(63)43(24-34-22-37(35)25-38(60)23-34)54-48(61)46(32(4)5)56(9)49(62)36-18-21-57(28-36)69(65,66)29-31(2)3/h12,14,16-17,19,22-23,25-26,29,32-33,36,42-43,46,55,60H,11,13,15,18,20-21,24,27-28,30H2,1-10H3,(H,54,61)/t33-,36-,42-,43-,46?/m0/s1. The van der Waals surface area contributed by atoms with Crippen LogP contribution in [0.25, 0.3) is 33.3 Å². The second kappa shape index (κ2) is 20.8. The normalized spacial score (nSPS) is 21.1. The van der Waals surface area contributed by atoms with Crippen LogP contribution < -0.4 is 10.7 Å². The van der Waals surface area contributed by atoms with Crippen molar-refractivity contribution < 1.29 is 42.2 Å². The van der Waals surface area contributed by atoms with Gasteiger partial charge in [-0.25, -0.2) is 13.8 Å². The maximum absolute atomic E-state index is 14.8. The first-order valence-electron chi connectivity index (χ1n) is 24.1. The highest BCUT2D eigenvalue weighted by Gasteiger charge is 2.41. The van der Waals surface area contributed by atoms with Crippen LogP contribution in [0.2, 0.25) is 0 Å². The van der Waals surface area contributed by atoms with Crippen LogP contribution >= 0.6 is 0 Å². The summed E-state index contributed by atoms with van der Waals surface area (Å²) in [6.45, 7) is 16.4. The molecule has 372 valence electrons. The van der Waals surface area contributed by atoms with Crippen LogP contribution in [0.3, 0.4) is 0 Å². The Hall–Kier alpha value is -5.62. The van der Waals surface area contributed by atoms with E-state index in [0.29, 0.717) is 48.9 Å². The summed E-state index contributed by atoms with van der Waals surface area (Å²) in [6.07, 6.45) is 3.17. The van der Waals surface area contributed by atoms with Gasteiger partial charge >= 0.3 is 5.97 Å². The van der Waals surface area contributed by atoms with Crippen LogP contribution in [0.5, 0.6) is 5.75 Å². The van der Waals surface area contributed by atoms with Crippen molar-refractivity contribution in [2.75, 3.05) is 40.4 Å². The number of ether oxygens (including phenoxy) is 2. The third-order valence-electron chi connectivity index (χ3n) is 13.6. The van der Waals surface area contributed by atoms with Crippen LogP contribution in [0, 0.1) is 17.3 Å². The number of hydrogen-bond donors (Lipinski definition) is 3. The molecular formula is C52H69N7O9S. The van der Waals surface area contributed by atoms with Gasteiger partial charge < -0.3 is 29.4 Å². The number of carbonyl (C=O) groups is 4. The Morgan fingerprint density at radius 1 is 1.07 bits per heavy atom. The van der Waals surface area contributed by atoms with E-state index in [0.717, 1.165) is 39.0 Å². The lowest BCUT2D eigenvalue weighted by molar-refractivity contribution is -0.155. The molecule has 2 aromatic carbocycles. The van der Waals surface area contributed by atoms with E-state index in [2.05, 4.69) is 54.3 Å². The van der Waals surface area contributed by atoms with Gasteiger partial charge in [-0.2, -0.15) is 4.31 Å². The third-order valence-corrected chi connectivity index (χ3v) is 15.4. The van der Waals surface area contributed by atoms with E-state index in [1.807, 2.05) is 25.1 Å². The number of sulfonamides is 1. The molecule has 2 aromatic heterocycles. The first kappa shape index (κ1) is 51.2. The SMILES string of the molecule is CCn1c(-c2cccnc2[C@H](C)OC)c2c3cc(ccc31)-c1cc(O)cc(c1)C[C@H](NC(=O)C(C(C)C)N(C)C(=O)[C@H]1CCN(S(=O)(=O)C=C(C)C)C1)C(=O)N1CCC[C@H](N1)C(=O)OCC(C)(C)C2. The summed E-state index contributed by atoms with van der Waals surface area (Å²) in [6, 6.07) is 12.3. The van der Waals surface area contributed by atoms with Crippen LogP contribution in [-0.4, -0.2) is 120 Å². The lowest BCUT2D eigenvalue weighted by Gasteiger charge is -2.37. The van der Waals surface area contributed by atoms with Gasteiger partial charge in [0.15, 0.2) is 0 Å². The number of carbonyl (C=O) groups excluding carboxylic acids is 4. The molecule has 16 nitrogen and oxygen atoms in total. The number of aromatic hydroxyl groups is 1. The topological polar surface area (TPSA) is 193 Å². The summed E-state index contributed by atoms with van der Waals surface area (Å²) < 4.78 is 41.5. The highest BCUT2D eigenvalue weighted by molar-refractivity contribution is 7.92. The zero-order valence-corrected chi connectivity index (χ0v) is 42.5. The van der Waals surface area contributed by atoms with Crippen molar-refractivity contribution in [3.05, 3.63) is 82.5 Å². The largest absolute Gasteiger partial charge is 0.508 e. The minimum atomic E-state index is -3.72. The molecule has 3 N–H and O–H groups in total. The number of phenols is 1. The van der Waals surface area contributed by atoms with Crippen LogP contribution in [0.1, 0.15) is 97.6 Å². The number of nitrogens with zero attached hydrogens (tertiary/aromatic N) is 5. The molecule has 1 unspecified atom stereocenters. The smallest absolute Gasteiger partial charge is 0.324 e. The molecule has 0 saturated carbocycles. The molecule has 7 rings (SSSR count). The zero-order chi connectivity index (χ0) is 50.1. The number of aromatic nitrogens is 2. The van der Waals surface area contributed by atoms with Gasteiger partial charge in [-0.3, -0.25) is 29.2 Å². The Morgan fingerprint density at radius 2 is 1.83 bits per heavy atom. The highest BCUT2D eigenvalue weighted by atomic mass is 32.2. The molecule has 0 spiro atoms. The maximum Gasteiger partial charge on any atom is 0.324 e. The van der Waals surface area contributed by atoms with Crippen molar-refractivity contribution in [3.8, 4) is 28.1 Å². The van der Waals surface area contributed by atoms with E-state index in [1.165, 1.54) is 26.7 Å². The number of cyclic esters (lactones) is 1. The monoisotopic (exact) mass is 967 g/mol. The van der Waals surface area contributed by atoms with Crippen molar-refractivity contribution in [1.29, 1.82) is 0 Å². The molecule has 17 heteroatoms.